The summed E-state index contributed by atoms with van der Waals surface area (Å²) in [5.41, 5.74) is 0. The molecule has 0 radical (unpaired) electrons. The van der Waals surface area contributed by atoms with Crippen molar-refractivity contribution < 1.29 is 23.5 Å². The molecule has 0 bridgehead atoms. The van der Waals surface area contributed by atoms with Gasteiger partial charge in [-0.3, -0.25) is 4.57 Å². The Balaban J connectivity index is 3.85. The first-order valence-electron chi connectivity index (χ1n) is 5.63. The van der Waals surface area contributed by atoms with Crippen molar-refractivity contribution in [2.24, 2.45) is 0 Å². The maximum atomic E-state index is 11.0. The fourth-order valence-corrected chi connectivity index (χ4v) is 1.45. The van der Waals surface area contributed by atoms with Crippen molar-refractivity contribution in [3.8, 4) is 0 Å². The second kappa shape index (κ2) is 9.14. The highest BCUT2D eigenvalue weighted by Gasteiger charge is 2.16. The lowest BCUT2D eigenvalue weighted by Crippen LogP contribution is -2.25. The Kier molecular flexibility index (Phi) is 9.18. The topological polar surface area (TPSA) is 65.0 Å². The van der Waals surface area contributed by atoms with E-state index >= 15 is 0 Å². The van der Waals surface area contributed by atoms with Gasteiger partial charge in [0.05, 0.1) is 13.2 Å². The molecular weight excluding hydrogens is 231 g/mol. The van der Waals surface area contributed by atoms with Crippen molar-refractivity contribution >= 4 is 7.60 Å². The van der Waals surface area contributed by atoms with E-state index in [4.69, 9.17) is 18.9 Å². The third-order valence-corrected chi connectivity index (χ3v) is 2.34. The van der Waals surface area contributed by atoms with Gasteiger partial charge in [-0.1, -0.05) is 13.8 Å². The van der Waals surface area contributed by atoms with Crippen LogP contribution in [-0.2, 0) is 18.6 Å². The molecule has 0 fully saturated rings. The second-order valence-electron chi connectivity index (χ2n) is 3.67. The van der Waals surface area contributed by atoms with Gasteiger partial charge in [-0.2, -0.15) is 0 Å². The summed E-state index contributed by atoms with van der Waals surface area (Å²) in [6.07, 6.45) is 1.56. The zero-order chi connectivity index (χ0) is 12.4. The lowest BCUT2D eigenvalue weighted by atomic mass is 10.4. The van der Waals surface area contributed by atoms with Crippen LogP contribution in [0.2, 0.25) is 0 Å². The molecule has 0 amide bonds. The van der Waals surface area contributed by atoms with Gasteiger partial charge in [-0.15, -0.1) is 0 Å². The molecule has 0 aliphatic heterocycles. The summed E-state index contributed by atoms with van der Waals surface area (Å²) >= 11 is 0. The first-order chi connectivity index (χ1) is 7.49. The Labute approximate surface area is 97.6 Å². The van der Waals surface area contributed by atoms with Crippen LogP contribution in [0.1, 0.15) is 26.7 Å². The highest BCUT2D eigenvalue weighted by atomic mass is 31.2. The molecule has 0 aromatic rings. The van der Waals surface area contributed by atoms with E-state index in [9.17, 15) is 4.57 Å². The molecule has 0 aliphatic carbocycles. The molecule has 5 nitrogen and oxygen atoms in total. The molecule has 2 atom stereocenters. The molecule has 0 heterocycles. The predicted molar refractivity (Wildman–Crippen MR) is 62.8 cm³/mol. The first-order valence-corrected chi connectivity index (χ1v) is 7.66. The van der Waals surface area contributed by atoms with Crippen molar-refractivity contribution in [2.45, 2.75) is 32.8 Å². The Morgan fingerprint density at radius 1 is 1.19 bits per heavy atom. The molecule has 0 aliphatic rings. The molecule has 0 aromatic heterocycles. The quantitative estimate of drug-likeness (QED) is 0.477. The second-order valence-corrected chi connectivity index (χ2v) is 5.53. The van der Waals surface area contributed by atoms with Gasteiger partial charge in [0.15, 0.2) is 0 Å². The van der Waals surface area contributed by atoms with Gasteiger partial charge in [0, 0.05) is 19.9 Å². The normalized spacial score (nSPS) is 17.0. The SMILES string of the molecule is CCCOCC(COP(C)(=O)O)OCCC. The Hall–Kier alpha value is 0.0700. The summed E-state index contributed by atoms with van der Waals surface area (Å²) in [5.74, 6) is 0. The van der Waals surface area contributed by atoms with Gasteiger partial charge >= 0.3 is 7.60 Å². The van der Waals surface area contributed by atoms with E-state index in [2.05, 4.69) is 0 Å². The number of hydrogen-bond donors (Lipinski definition) is 1. The minimum absolute atomic E-state index is 0.0913. The van der Waals surface area contributed by atoms with Crippen LogP contribution in [0.3, 0.4) is 0 Å². The third-order valence-electron chi connectivity index (χ3n) is 1.71. The summed E-state index contributed by atoms with van der Waals surface area (Å²) in [7, 11) is -3.43. The lowest BCUT2D eigenvalue weighted by Gasteiger charge is -2.18. The van der Waals surface area contributed by atoms with Gasteiger partial charge in [-0.25, -0.2) is 0 Å². The van der Waals surface area contributed by atoms with Gasteiger partial charge in [0.25, 0.3) is 0 Å². The summed E-state index contributed by atoms with van der Waals surface area (Å²) in [6.45, 7) is 6.93. The van der Waals surface area contributed by atoms with Crippen LogP contribution in [0.4, 0.5) is 0 Å². The van der Waals surface area contributed by atoms with Crippen LogP contribution in [0.25, 0.3) is 0 Å². The smallest absolute Gasteiger partial charge is 0.325 e. The van der Waals surface area contributed by atoms with Crippen molar-refractivity contribution in [3.05, 3.63) is 0 Å². The summed E-state index contributed by atoms with van der Waals surface area (Å²) < 4.78 is 26.6. The molecule has 6 heteroatoms. The molecule has 2 unspecified atom stereocenters. The summed E-state index contributed by atoms with van der Waals surface area (Å²) in [4.78, 5) is 9.00. The van der Waals surface area contributed by atoms with Crippen LogP contribution >= 0.6 is 7.60 Å². The minimum Gasteiger partial charge on any atom is -0.379 e. The minimum atomic E-state index is -3.43. The van der Waals surface area contributed by atoms with E-state index in [0.29, 0.717) is 19.8 Å². The Morgan fingerprint density at radius 3 is 2.31 bits per heavy atom. The van der Waals surface area contributed by atoms with Crippen molar-refractivity contribution in [1.82, 2.24) is 0 Å². The number of hydrogen-bond acceptors (Lipinski definition) is 4. The molecule has 16 heavy (non-hydrogen) atoms. The van der Waals surface area contributed by atoms with Crippen LogP contribution in [-0.4, -0.2) is 44.1 Å². The van der Waals surface area contributed by atoms with E-state index in [1.54, 1.807) is 0 Å². The van der Waals surface area contributed by atoms with Crippen LogP contribution < -0.4 is 0 Å². The van der Waals surface area contributed by atoms with Gasteiger partial charge in [0.2, 0.25) is 0 Å². The standard InChI is InChI=1S/C10H23O5P/c1-4-6-13-8-10(14-7-5-2)9-15-16(3,11)12/h10H,4-9H2,1-3H3,(H,11,12). The largest absolute Gasteiger partial charge is 0.379 e. The monoisotopic (exact) mass is 254 g/mol. The number of rotatable bonds is 10. The third kappa shape index (κ3) is 10.6. The van der Waals surface area contributed by atoms with Crippen molar-refractivity contribution in [3.63, 3.8) is 0 Å². The van der Waals surface area contributed by atoms with Crippen LogP contribution in [0, 0.1) is 0 Å². The average molecular weight is 254 g/mol. The highest BCUT2D eigenvalue weighted by molar-refractivity contribution is 7.51. The Morgan fingerprint density at radius 2 is 1.81 bits per heavy atom. The van der Waals surface area contributed by atoms with E-state index in [1.165, 1.54) is 0 Å². The molecule has 0 spiro atoms. The zero-order valence-electron chi connectivity index (χ0n) is 10.3. The Bertz CT molecular complexity index is 203. The van der Waals surface area contributed by atoms with E-state index < -0.39 is 7.60 Å². The molecule has 98 valence electrons. The van der Waals surface area contributed by atoms with E-state index in [0.717, 1.165) is 19.5 Å². The summed E-state index contributed by atoms with van der Waals surface area (Å²) in [6, 6.07) is 0. The average Bonchev–Trinajstić information content (AvgIpc) is 2.20. The lowest BCUT2D eigenvalue weighted by molar-refractivity contribution is -0.0381. The van der Waals surface area contributed by atoms with Crippen molar-refractivity contribution in [1.29, 1.82) is 0 Å². The first kappa shape index (κ1) is 16.1. The maximum Gasteiger partial charge on any atom is 0.325 e. The van der Waals surface area contributed by atoms with Crippen molar-refractivity contribution in [2.75, 3.05) is 33.1 Å². The molecule has 0 rings (SSSR count). The van der Waals surface area contributed by atoms with Gasteiger partial charge in [-0.05, 0) is 12.8 Å². The molecule has 0 aromatic carbocycles. The highest BCUT2D eigenvalue weighted by Crippen LogP contribution is 2.36. The predicted octanol–water partition coefficient (Wildman–Crippen LogP) is 2.04. The molecule has 0 saturated heterocycles. The van der Waals surface area contributed by atoms with E-state index in [1.807, 2.05) is 13.8 Å². The van der Waals surface area contributed by atoms with Crippen LogP contribution in [0.5, 0.6) is 0 Å². The fourth-order valence-electron chi connectivity index (χ4n) is 1.01. The fraction of sp³-hybridized carbons (Fsp3) is 1.00. The molecule has 0 saturated carbocycles. The van der Waals surface area contributed by atoms with Gasteiger partial charge in [0.1, 0.15) is 6.10 Å². The summed E-state index contributed by atoms with van der Waals surface area (Å²) in [5, 5.41) is 0. The maximum absolute atomic E-state index is 11.0. The number of ether oxygens (including phenoxy) is 2. The zero-order valence-corrected chi connectivity index (χ0v) is 11.2. The van der Waals surface area contributed by atoms with Gasteiger partial charge < -0.3 is 18.9 Å². The van der Waals surface area contributed by atoms with E-state index in [-0.39, 0.29) is 12.7 Å². The molecule has 1 N–H and O–H groups in total. The molecular formula is C10H23O5P. The van der Waals surface area contributed by atoms with Crippen LogP contribution in [0.15, 0.2) is 0 Å².